The molecule has 0 radical (unpaired) electrons. The van der Waals surface area contributed by atoms with E-state index in [0.29, 0.717) is 40.2 Å². The number of nitrogens with one attached hydrogen (secondary N) is 1. The number of fused-ring (bicyclic) bond motifs is 2. The summed E-state index contributed by atoms with van der Waals surface area (Å²) in [5, 5.41) is 3.88. The van der Waals surface area contributed by atoms with E-state index in [1.807, 2.05) is 12.1 Å². The van der Waals surface area contributed by atoms with Gasteiger partial charge in [0.2, 0.25) is 0 Å². The summed E-state index contributed by atoms with van der Waals surface area (Å²) in [6, 6.07) is 9.07. The molecule has 2 saturated heterocycles. The van der Waals surface area contributed by atoms with Crippen molar-refractivity contribution in [2.24, 2.45) is 0 Å². The minimum Gasteiger partial charge on any atom is -0.496 e. The number of anilines is 2. The summed E-state index contributed by atoms with van der Waals surface area (Å²) in [5.41, 5.74) is 1.97. The van der Waals surface area contributed by atoms with Crippen LogP contribution in [0, 0.1) is 5.82 Å². The molecule has 176 valence electrons. The van der Waals surface area contributed by atoms with E-state index in [2.05, 4.69) is 20.2 Å². The van der Waals surface area contributed by atoms with Crippen molar-refractivity contribution in [1.29, 1.82) is 0 Å². The zero-order chi connectivity index (χ0) is 23.7. The van der Waals surface area contributed by atoms with E-state index >= 15 is 0 Å². The summed E-state index contributed by atoms with van der Waals surface area (Å²) >= 11 is 5.90. The molecule has 5 rings (SSSR count). The molecule has 3 aromatic rings. The van der Waals surface area contributed by atoms with E-state index in [1.54, 1.807) is 25.3 Å². The fraction of sp³-hybridized carbons (Fsp3) is 0.320. The SMILES string of the molecule is COc1cc2ncnc(Nc3ccc(F)c(Cl)c3)c2cc1CC(=O)/C=C/CN1C2CCOCC21. The molecule has 7 nitrogen and oxygen atoms in total. The zero-order valence-electron chi connectivity index (χ0n) is 18.6. The number of benzene rings is 2. The summed E-state index contributed by atoms with van der Waals surface area (Å²) < 4.78 is 24.5. The highest BCUT2D eigenvalue weighted by Crippen LogP contribution is 2.34. The van der Waals surface area contributed by atoms with E-state index in [1.165, 1.54) is 18.5 Å². The first kappa shape index (κ1) is 22.7. The van der Waals surface area contributed by atoms with Crippen molar-refractivity contribution in [3.63, 3.8) is 0 Å². The van der Waals surface area contributed by atoms with Gasteiger partial charge in [0, 0.05) is 54.4 Å². The van der Waals surface area contributed by atoms with Crippen LogP contribution in [0.2, 0.25) is 5.02 Å². The molecule has 0 spiro atoms. The van der Waals surface area contributed by atoms with Gasteiger partial charge in [-0.05, 0) is 36.8 Å². The minimum atomic E-state index is -0.496. The van der Waals surface area contributed by atoms with Crippen molar-refractivity contribution < 1.29 is 18.7 Å². The average molecular weight is 483 g/mol. The fourth-order valence-corrected chi connectivity index (χ4v) is 4.64. The van der Waals surface area contributed by atoms with E-state index < -0.39 is 5.82 Å². The Morgan fingerprint density at radius 3 is 2.97 bits per heavy atom. The normalized spacial score (nSPS) is 21.4. The third-order valence-electron chi connectivity index (χ3n) is 6.26. The van der Waals surface area contributed by atoms with Gasteiger partial charge < -0.3 is 14.8 Å². The summed E-state index contributed by atoms with van der Waals surface area (Å²) in [6.07, 6.45) is 6.23. The summed E-state index contributed by atoms with van der Waals surface area (Å²) in [6.45, 7) is 2.35. The molecular weight excluding hydrogens is 459 g/mol. The quantitative estimate of drug-likeness (QED) is 0.378. The third-order valence-corrected chi connectivity index (χ3v) is 6.55. The van der Waals surface area contributed by atoms with Gasteiger partial charge in [-0.1, -0.05) is 17.7 Å². The van der Waals surface area contributed by atoms with Crippen LogP contribution >= 0.6 is 11.6 Å². The number of rotatable bonds is 8. The van der Waals surface area contributed by atoms with Crippen molar-refractivity contribution in [3.8, 4) is 5.75 Å². The molecular formula is C25H24ClFN4O3. The molecule has 2 fully saturated rings. The number of carbonyl (C=O) groups is 1. The molecule has 0 amide bonds. The molecule has 0 aliphatic carbocycles. The number of ketones is 1. The maximum Gasteiger partial charge on any atom is 0.159 e. The highest BCUT2D eigenvalue weighted by Gasteiger charge is 2.48. The van der Waals surface area contributed by atoms with Crippen LogP contribution in [0.4, 0.5) is 15.9 Å². The van der Waals surface area contributed by atoms with Crippen LogP contribution in [-0.2, 0) is 16.0 Å². The number of nitrogens with zero attached hydrogens (tertiary/aromatic N) is 3. The van der Waals surface area contributed by atoms with E-state index in [-0.39, 0.29) is 17.2 Å². The van der Waals surface area contributed by atoms with Gasteiger partial charge in [-0.2, -0.15) is 0 Å². The number of hydrogen-bond donors (Lipinski definition) is 1. The molecule has 34 heavy (non-hydrogen) atoms. The molecule has 2 aromatic carbocycles. The first-order valence-corrected chi connectivity index (χ1v) is 11.5. The molecule has 3 heterocycles. The second-order valence-corrected chi connectivity index (χ2v) is 8.81. The Morgan fingerprint density at radius 2 is 2.21 bits per heavy atom. The van der Waals surface area contributed by atoms with Crippen molar-refractivity contribution >= 4 is 39.8 Å². The molecule has 9 heteroatoms. The molecule has 0 saturated carbocycles. The molecule has 2 aliphatic rings. The van der Waals surface area contributed by atoms with Crippen molar-refractivity contribution in [3.05, 3.63) is 65.2 Å². The number of methoxy groups -OCH3 is 1. The van der Waals surface area contributed by atoms with Crippen molar-refractivity contribution in [2.45, 2.75) is 24.9 Å². The van der Waals surface area contributed by atoms with E-state index in [0.717, 1.165) is 31.7 Å². The summed E-state index contributed by atoms with van der Waals surface area (Å²) in [5.74, 6) is 0.586. The standard InChI is InChI=1S/C25H24ClFN4O3/c1-33-24-12-21-18(25(29-14-28-21)30-16-4-5-20(27)19(26)11-16)10-15(24)9-17(32)3-2-7-31-22-6-8-34-13-23(22)31/h2-5,10-12,14,22-23H,6-9,13H2,1H3,(H,28,29,30)/b3-2+. The number of allylic oxidation sites excluding steroid dienone is 1. The van der Waals surface area contributed by atoms with Crippen LogP contribution in [0.15, 0.2) is 48.8 Å². The van der Waals surface area contributed by atoms with Crippen LogP contribution < -0.4 is 10.1 Å². The van der Waals surface area contributed by atoms with E-state index in [9.17, 15) is 9.18 Å². The topological polar surface area (TPSA) is 76.4 Å². The van der Waals surface area contributed by atoms with Gasteiger partial charge in [0.15, 0.2) is 5.78 Å². The van der Waals surface area contributed by atoms with Gasteiger partial charge in [-0.3, -0.25) is 9.69 Å². The number of ether oxygens (including phenoxy) is 2. The van der Waals surface area contributed by atoms with Crippen molar-refractivity contribution in [2.75, 3.05) is 32.2 Å². The molecule has 2 aliphatic heterocycles. The third kappa shape index (κ3) is 4.75. The minimum absolute atomic E-state index is 0.0115. The predicted molar refractivity (Wildman–Crippen MR) is 128 cm³/mol. The Morgan fingerprint density at radius 1 is 1.32 bits per heavy atom. The largest absolute Gasteiger partial charge is 0.496 e. The zero-order valence-corrected chi connectivity index (χ0v) is 19.4. The maximum atomic E-state index is 13.5. The van der Waals surface area contributed by atoms with Crippen LogP contribution in [0.1, 0.15) is 12.0 Å². The Labute approximate surface area is 201 Å². The molecule has 3 unspecified atom stereocenters. The Balaban J connectivity index is 1.33. The lowest BCUT2D eigenvalue weighted by Crippen LogP contribution is -2.13. The van der Waals surface area contributed by atoms with Gasteiger partial charge in [-0.15, -0.1) is 0 Å². The monoisotopic (exact) mass is 482 g/mol. The summed E-state index contributed by atoms with van der Waals surface area (Å²) in [7, 11) is 1.57. The first-order chi connectivity index (χ1) is 16.5. The number of carbonyl (C=O) groups excluding carboxylic acids is 1. The Bertz CT molecular complexity index is 1260. The second-order valence-electron chi connectivity index (χ2n) is 8.40. The van der Waals surface area contributed by atoms with Crippen LogP contribution in [0.25, 0.3) is 10.9 Å². The second kappa shape index (κ2) is 9.66. The van der Waals surface area contributed by atoms with Crippen LogP contribution in [-0.4, -0.2) is 59.6 Å². The van der Waals surface area contributed by atoms with Gasteiger partial charge in [0.25, 0.3) is 0 Å². The average Bonchev–Trinajstić information content (AvgIpc) is 3.54. The highest BCUT2D eigenvalue weighted by molar-refractivity contribution is 6.31. The first-order valence-electron chi connectivity index (χ1n) is 11.1. The molecule has 3 atom stereocenters. The van der Waals surface area contributed by atoms with Crippen molar-refractivity contribution in [1.82, 2.24) is 14.9 Å². The number of halogens is 2. The van der Waals surface area contributed by atoms with Gasteiger partial charge in [-0.25, -0.2) is 14.4 Å². The van der Waals surface area contributed by atoms with Gasteiger partial charge >= 0.3 is 0 Å². The smallest absolute Gasteiger partial charge is 0.159 e. The van der Waals surface area contributed by atoms with Gasteiger partial charge in [0.1, 0.15) is 23.7 Å². The van der Waals surface area contributed by atoms with E-state index in [4.69, 9.17) is 21.1 Å². The lowest BCUT2D eigenvalue weighted by atomic mass is 10.0. The lowest BCUT2D eigenvalue weighted by molar-refractivity contribution is -0.114. The van der Waals surface area contributed by atoms with Gasteiger partial charge in [0.05, 0.1) is 24.3 Å². The number of hydrogen-bond acceptors (Lipinski definition) is 7. The summed E-state index contributed by atoms with van der Waals surface area (Å²) in [4.78, 5) is 23.7. The molecule has 1 N–H and O–H groups in total. The predicted octanol–water partition coefficient (Wildman–Crippen LogP) is 4.32. The molecule has 0 bridgehead atoms. The Kier molecular flexibility index (Phi) is 6.45. The molecule has 1 aromatic heterocycles. The lowest BCUT2D eigenvalue weighted by Gasteiger charge is -2.12. The number of aromatic nitrogens is 2. The Hall–Kier alpha value is -3.07. The van der Waals surface area contributed by atoms with Crippen LogP contribution in [0.3, 0.4) is 0 Å². The van der Waals surface area contributed by atoms with Crippen LogP contribution in [0.5, 0.6) is 5.75 Å². The highest BCUT2D eigenvalue weighted by atomic mass is 35.5. The maximum absolute atomic E-state index is 13.5. The fourth-order valence-electron chi connectivity index (χ4n) is 4.46.